The fourth-order valence-corrected chi connectivity index (χ4v) is 1.86. The zero-order valence-corrected chi connectivity index (χ0v) is 11.4. The fraction of sp³-hybridized carbons (Fsp3) is 0.231. The molecule has 2 rings (SSSR count). The third kappa shape index (κ3) is 3.28. The molecule has 1 aromatic carbocycles. The highest BCUT2D eigenvalue weighted by Gasteiger charge is 2.16. The van der Waals surface area contributed by atoms with Crippen molar-refractivity contribution in [2.24, 2.45) is 0 Å². The number of carboxylic acid groups (broad SMARTS) is 1. The quantitative estimate of drug-likeness (QED) is 0.883. The lowest BCUT2D eigenvalue weighted by molar-refractivity contribution is 0.0692. The maximum absolute atomic E-state index is 11.1. The van der Waals surface area contributed by atoms with Gasteiger partial charge in [-0.25, -0.2) is 4.79 Å². The normalized spacial score (nSPS) is 10.5. The molecule has 1 heterocycles. The second kappa shape index (κ2) is 6.40. The van der Waals surface area contributed by atoms with E-state index < -0.39 is 5.97 Å². The summed E-state index contributed by atoms with van der Waals surface area (Å²) in [5, 5.41) is 13.0. The topological polar surface area (TPSA) is 81.8 Å². The van der Waals surface area contributed by atoms with Crippen molar-refractivity contribution in [3.63, 3.8) is 0 Å². The van der Waals surface area contributed by atoms with Crippen LogP contribution in [-0.4, -0.2) is 23.3 Å². The van der Waals surface area contributed by atoms with E-state index in [1.54, 1.807) is 19.2 Å². The van der Waals surface area contributed by atoms with E-state index in [0.717, 1.165) is 0 Å². The van der Waals surface area contributed by atoms with E-state index in [0.29, 0.717) is 18.1 Å². The Balaban J connectivity index is 2.10. The maximum atomic E-state index is 11.1. The van der Waals surface area contributed by atoms with Crippen molar-refractivity contribution in [3.05, 3.63) is 46.3 Å². The number of hydrogen-bond acceptors (Lipinski definition) is 5. The Bertz CT molecular complexity index is 611. The molecule has 0 saturated carbocycles. The number of methoxy groups -OCH3 is 1. The van der Waals surface area contributed by atoms with E-state index in [-0.39, 0.29) is 22.9 Å². The summed E-state index contributed by atoms with van der Waals surface area (Å²) in [6.07, 6.45) is 0. The highest BCUT2D eigenvalue weighted by molar-refractivity contribution is 6.33. The van der Waals surface area contributed by atoms with Gasteiger partial charge in [0.1, 0.15) is 30.2 Å². The Kier molecular flexibility index (Phi) is 4.60. The summed E-state index contributed by atoms with van der Waals surface area (Å²) in [4.78, 5) is 11.1. The van der Waals surface area contributed by atoms with Crippen LogP contribution in [0.25, 0.3) is 0 Å². The molecule has 0 atom stereocenters. The van der Waals surface area contributed by atoms with Crippen molar-refractivity contribution in [1.82, 2.24) is 5.16 Å². The van der Waals surface area contributed by atoms with Crippen molar-refractivity contribution in [2.75, 3.05) is 7.11 Å². The molecule has 7 heteroatoms. The summed E-state index contributed by atoms with van der Waals surface area (Å²) in [6, 6.07) is 6.31. The lowest BCUT2D eigenvalue weighted by Gasteiger charge is -2.08. The van der Waals surface area contributed by atoms with Crippen molar-refractivity contribution < 1.29 is 23.9 Å². The highest BCUT2D eigenvalue weighted by atomic mass is 35.5. The van der Waals surface area contributed by atoms with E-state index in [1.165, 1.54) is 12.1 Å². The Hall–Kier alpha value is -2.05. The van der Waals surface area contributed by atoms with Crippen LogP contribution in [0.3, 0.4) is 0 Å². The van der Waals surface area contributed by atoms with Crippen molar-refractivity contribution in [2.45, 2.75) is 13.2 Å². The molecule has 0 fully saturated rings. The second-order valence-corrected chi connectivity index (χ2v) is 4.33. The lowest BCUT2D eigenvalue weighted by atomic mass is 10.2. The molecule has 0 aliphatic carbocycles. The number of halogens is 1. The zero-order valence-electron chi connectivity index (χ0n) is 10.6. The number of rotatable bonds is 6. The van der Waals surface area contributed by atoms with Gasteiger partial charge in [0, 0.05) is 13.2 Å². The van der Waals surface area contributed by atoms with Gasteiger partial charge in [-0.3, -0.25) is 0 Å². The summed E-state index contributed by atoms with van der Waals surface area (Å²) in [7, 11) is 1.55. The summed E-state index contributed by atoms with van der Waals surface area (Å²) < 4.78 is 15.3. The molecule has 1 aromatic heterocycles. The van der Waals surface area contributed by atoms with E-state index in [9.17, 15) is 4.79 Å². The third-order valence-corrected chi connectivity index (χ3v) is 2.77. The molecule has 0 radical (unpaired) electrons. The van der Waals surface area contributed by atoms with Crippen LogP contribution in [0.5, 0.6) is 5.75 Å². The first-order valence-electron chi connectivity index (χ1n) is 5.70. The van der Waals surface area contributed by atoms with Crippen LogP contribution in [0, 0.1) is 0 Å². The molecule has 6 nitrogen and oxygen atoms in total. The van der Waals surface area contributed by atoms with Gasteiger partial charge >= 0.3 is 5.97 Å². The number of nitrogens with zero attached hydrogens (tertiary/aromatic N) is 1. The maximum Gasteiger partial charge on any atom is 0.341 e. The SMILES string of the molecule is COCc1cc(COc2cccc(Cl)c2C(=O)O)no1. The van der Waals surface area contributed by atoms with E-state index >= 15 is 0 Å². The zero-order chi connectivity index (χ0) is 14.5. The molecule has 106 valence electrons. The van der Waals surface area contributed by atoms with Gasteiger partial charge in [-0.1, -0.05) is 22.8 Å². The van der Waals surface area contributed by atoms with Crippen molar-refractivity contribution >= 4 is 17.6 Å². The summed E-state index contributed by atoms with van der Waals surface area (Å²) in [5.74, 6) is -0.400. The molecule has 0 unspecified atom stereocenters. The molecular formula is C13H12ClNO5. The lowest BCUT2D eigenvalue weighted by Crippen LogP contribution is -2.04. The number of carbonyl (C=O) groups is 1. The first-order valence-corrected chi connectivity index (χ1v) is 6.07. The summed E-state index contributed by atoms with van der Waals surface area (Å²) in [6.45, 7) is 0.387. The minimum absolute atomic E-state index is 0.0743. The molecule has 0 saturated heterocycles. The molecule has 0 bridgehead atoms. The first-order chi connectivity index (χ1) is 9.61. The van der Waals surface area contributed by atoms with Crippen LogP contribution in [0.2, 0.25) is 5.02 Å². The number of ether oxygens (including phenoxy) is 2. The standard InChI is InChI=1S/C13H12ClNO5/c1-18-7-9-5-8(15-20-9)6-19-11-4-2-3-10(14)12(11)13(16)17/h2-5H,6-7H2,1H3,(H,16,17). The molecular weight excluding hydrogens is 286 g/mol. The predicted molar refractivity (Wildman–Crippen MR) is 70.0 cm³/mol. The van der Waals surface area contributed by atoms with E-state index in [4.69, 9.17) is 30.7 Å². The minimum atomic E-state index is -1.15. The summed E-state index contributed by atoms with van der Waals surface area (Å²) >= 11 is 5.84. The molecule has 20 heavy (non-hydrogen) atoms. The Morgan fingerprint density at radius 3 is 2.95 bits per heavy atom. The minimum Gasteiger partial charge on any atom is -0.486 e. The number of benzene rings is 1. The molecule has 0 amide bonds. The van der Waals surface area contributed by atoms with Gasteiger partial charge in [-0.15, -0.1) is 0 Å². The highest BCUT2D eigenvalue weighted by Crippen LogP contribution is 2.27. The van der Waals surface area contributed by atoms with Crippen LogP contribution >= 0.6 is 11.6 Å². The average molecular weight is 298 g/mol. The van der Waals surface area contributed by atoms with Gasteiger partial charge in [-0.2, -0.15) is 0 Å². The molecule has 2 aromatic rings. The van der Waals surface area contributed by atoms with Gasteiger partial charge in [0.2, 0.25) is 0 Å². The van der Waals surface area contributed by atoms with Gasteiger partial charge in [-0.05, 0) is 12.1 Å². The van der Waals surface area contributed by atoms with Crippen LogP contribution < -0.4 is 4.74 Å². The number of aromatic carboxylic acids is 1. The van der Waals surface area contributed by atoms with Gasteiger partial charge < -0.3 is 19.1 Å². The third-order valence-electron chi connectivity index (χ3n) is 2.46. The second-order valence-electron chi connectivity index (χ2n) is 3.92. The Morgan fingerprint density at radius 1 is 1.45 bits per heavy atom. The number of hydrogen-bond donors (Lipinski definition) is 1. The van der Waals surface area contributed by atoms with Gasteiger partial charge in [0.05, 0.1) is 5.02 Å². The van der Waals surface area contributed by atoms with Crippen molar-refractivity contribution in [1.29, 1.82) is 0 Å². The molecule has 0 aliphatic heterocycles. The first kappa shape index (κ1) is 14.4. The van der Waals surface area contributed by atoms with Crippen LogP contribution in [0.15, 0.2) is 28.8 Å². The average Bonchev–Trinajstić information content (AvgIpc) is 2.84. The van der Waals surface area contributed by atoms with E-state index in [1.807, 2.05) is 0 Å². The monoisotopic (exact) mass is 297 g/mol. The van der Waals surface area contributed by atoms with Gasteiger partial charge in [0.15, 0.2) is 5.76 Å². The Morgan fingerprint density at radius 2 is 2.25 bits per heavy atom. The largest absolute Gasteiger partial charge is 0.486 e. The molecule has 1 N–H and O–H groups in total. The number of carboxylic acids is 1. The summed E-state index contributed by atoms with van der Waals surface area (Å²) in [5.41, 5.74) is 0.461. The Labute approximate surface area is 119 Å². The fourth-order valence-electron chi connectivity index (χ4n) is 1.62. The molecule has 0 aliphatic rings. The smallest absolute Gasteiger partial charge is 0.341 e. The van der Waals surface area contributed by atoms with Gasteiger partial charge in [0.25, 0.3) is 0 Å². The van der Waals surface area contributed by atoms with Crippen LogP contribution in [0.1, 0.15) is 21.8 Å². The van der Waals surface area contributed by atoms with Crippen LogP contribution in [0.4, 0.5) is 0 Å². The van der Waals surface area contributed by atoms with Crippen LogP contribution in [-0.2, 0) is 18.0 Å². The number of aromatic nitrogens is 1. The predicted octanol–water partition coefficient (Wildman–Crippen LogP) is 2.75. The van der Waals surface area contributed by atoms with E-state index in [2.05, 4.69) is 5.16 Å². The van der Waals surface area contributed by atoms with Crippen molar-refractivity contribution in [3.8, 4) is 5.75 Å². The molecule has 0 spiro atoms.